The van der Waals surface area contributed by atoms with Gasteiger partial charge in [-0.2, -0.15) is 0 Å². The van der Waals surface area contributed by atoms with Gasteiger partial charge in [0.25, 0.3) is 0 Å². The van der Waals surface area contributed by atoms with Gasteiger partial charge >= 0.3 is 0 Å². The van der Waals surface area contributed by atoms with E-state index in [1.165, 1.54) is 22.3 Å². The first kappa shape index (κ1) is 17.0. The van der Waals surface area contributed by atoms with Crippen LogP contribution in [0, 0.1) is 0 Å². The van der Waals surface area contributed by atoms with Crippen LogP contribution in [0.5, 0.6) is 0 Å². The first-order valence-corrected chi connectivity index (χ1v) is 8.20. The average molecular weight is 304 g/mol. The molecule has 1 nitrogen and oxygen atoms in total. The van der Waals surface area contributed by atoms with Crippen molar-refractivity contribution in [2.75, 3.05) is 0 Å². The van der Waals surface area contributed by atoms with Crippen LogP contribution in [0.1, 0.15) is 44.2 Å². The lowest BCUT2D eigenvalue weighted by atomic mass is 9.96. The van der Waals surface area contributed by atoms with Gasteiger partial charge in [0, 0.05) is 12.8 Å². The lowest BCUT2D eigenvalue weighted by molar-refractivity contribution is -0.118. The Labute approximate surface area is 139 Å². The van der Waals surface area contributed by atoms with Gasteiger partial charge in [-0.05, 0) is 30.0 Å². The molecule has 1 heteroatoms. The highest BCUT2D eigenvalue weighted by atomic mass is 16.1. The van der Waals surface area contributed by atoms with Gasteiger partial charge in [-0.25, -0.2) is 0 Å². The molecule has 0 aromatic heterocycles. The average Bonchev–Trinajstić information content (AvgIpc) is 2.61. The molecule has 0 fully saturated rings. The third kappa shape index (κ3) is 5.37. The minimum Gasteiger partial charge on any atom is -0.300 e. The molecule has 0 aliphatic rings. The Balaban J connectivity index is 2.28. The molecule has 0 radical (unpaired) electrons. The molecule has 0 heterocycles. The molecule has 2 rings (SSSR count). The molecular formula is C22H24O. The molecule has 2 aromatic rings. The highest BCUT2D eigenvalue weighted by Gasteiger charge is 2.05. The van der Waals surface area contributed by atoms with E-state index >= 15 is 0 Å². The van der Waals surface area contributed by atoms with Gasteiger partial charge in [-0.3, -0.25) is 4.79 Å². The Bertz CT molecular complexity index is 678. The van der Waals surface area contributed by atoms with E-state index < -0.39 is 0 Å². The molecule has 0 amide bonds. The second-order valence-electron chi connectivity index (χ2n) is 5.70. The molecule has 0 atom stereocenters. The Hall–Kier alpha value is -2.41. The topological polar surface area (TPSA) is 17.1 Å². The second-order valence-corrected chi connectivity index (χ2v) is 5.70. The smallest absolute Gasteiger partial charge is 0.132 e. The summed E-state index contributed by atoms with van der Waals surface area (Å²) in [5, 5.41) is 0. The molecule has 2 aromatic carbocycles. The van der Waals surface area contributed by atoms with Crippen LogP contribution in [0.25, 0.3) is 11.6 Å². The highest BCUT2D eigenvalue weighted by molar-refractivity contribution is 5.82. The summed E-state index contributed by atoms with van der Waals surface area (Å²) >= 11 is 0. The summed E-state index contributed by atoms with van der Waals surface area (Å²) in [5.74, 6) is 0.323. The molecule has 0 aliphatic heterocycles. The molecule has 0 aliphatic carbocycles. The number of carbonyl (C=O) groups excluding carboxylic acids is 1. The molecule has 0 spiro atoms. The Morgan fingerprint density at radius 1 is 0.913 bits per heavy atom. The van der Waals surface area contributed by atoms with E-state index in [2.05, 4.69) is 55.5 Å². The number of ketones is 1. The van der Waals surface area contributed by atoms with Crippen LogP contribution in [0.3, 0.4) is 0 Å². The van der Waals surface area contributed by atoms with Crippen molar-refractivity contribution in [1.82, 2.24) is 0 Å². The normalized spacial score (nSPS) is 12.3. The molecule has 0 unspecified atom stereocenters. The van der Waals surface area contributed by atoms with E-state index in [9.17, 15) is 4.79 Å². The minimum atomic E-state index is 0.323. The summed E-state index contributed by atoms with van der Waals surface area (Å²) in [7, 11) is 0. The quantitative estimate of drug-likeness (QED) is 0.579. The van der Waals surface area contributed by atoms with Gasteiger partial charge in [0.2, 0.25) is 0 Å². The molecule has 0 saturated heterocycles. The van der Waals surface area contributed by atoms with Crippen molar-refractivity contribution in [1.29, 1.82) is 0 Å². The lowest BCUT2D eigenvalue weighted by Gasteiger charge is -2.09. The number of hydrogen-bond donors (Lipinski definition) is 0. The highest BCUT2D eigenvalue weighted by Crippen LogP contribution is 2.24. The maximum Gasteiger partial charge on any atom is 0.132 e. The summed E-state index contributed by atoms with van der Waals surface area (Å²) in [6.07, 6.45) is 6.35. The fourth-order valence-corrected chi connectivity index (χ4v) is 2.48. The van der Waals surface area contributed by atoms with Crippen molar-refractivity contribution < 1.29 is 4.79 Å². The zero-order chi connectivity index (χ0) is 16.5. The number of hydrogen-bond acceptors (Lipinski definition) is 1. The number of Topliss-reactive ketones (excluding diaryl/α,β-unsaturated/α-hetero) is 1. The lowest BCUT2D eigenvalue weighted by Crippen LogP contribution is -1.96. The molecule has 23 heavy (non-hydrogen) atoms. The molecule has 118 valence electrons. The predicted octanol–water partition coefficient (Wildman–Crippen LogP) is 5.93. The van der Waals surface area contributed by atoms with Crippen LogP contribution in [0.15, 0.2) is 72.3 Å². The first-order valence-electron chi connectivity index (χ1n) is 8.20. The molecular weight excluding hydrogens is 280 g/mol. The fourth-order valence-electron chi connectivity index (χ4n) is 2.48. The summed E-state index contributed by atoms with van der Waals surface area (Å²) in [6, 6.07) is 20.7. The van der Waals surface area contributed by atoms with Gasteiger partial charge in [0.1, 0.15) is 5.78 Å². The van der Waals surface area contributed by atoms with Crippen molar-refractivity contribution >= 4 is 17.4 Å². The molecule has 0 saturated carbocycles. The van der Waals surface area contributed by atoms with Crippen LogP contribution in [-0.2, 0) is 4.79 Å². The minimum absolute atomic E-state index is 0.323. The van der Waals surface area contributed by atoms with Crippen LogP contribution in [0.2, 0.25) is 0 Å². The Morgan fingerprint density at radius 3 is 2.13 bits per heavy atom. The molecule has 0 N–H and O–H groups in total. The Morgan fingerprint density at radius 2 is 1.52 bits per heavy atom. The van der Waals surface area contributed by atoms with Gasteiger partial charge in [-0.1, -0.05) is 85.3 Å². The largest absolute Gasteiger partial charge is 0.300 e. The zero-order valence-electron chi connectivity index (χ0n) is 14.0. The first-order chi connectivity index (χ1) is 11.2. The van der Waals surface area contributed by atoms with E-state index in [0.717, 1.165) is 6.42 Å². The van der Waals surface area contributed by atoms with E-state index in [-0.39, 0.29) is 0 Å². The number of carbonyl (C=O) groups is 1. The van der Waals surface area contributed by atoms with Crippen molar-refractivity contribution in [3.63, 3.8) is 0 Å². The number of rotatable bonds is 7. The van der Waals surface area contributed by atoms with E-state index in [1.54, 1.807) is 0 Å². The van der Waals surface area contributed by atoms with E-state index in [4.69, 9.17) is 0 Å². The van der Waals surface area contributed by atoms with E-state index in [0.29, 0.717) is 18.6 Å². The van der Waals surface area contributed by atoms with Crippen LogP contribution >= 0.6 is 0 Å². The maximum atomic E-state index is 11.6. The standard InChI is InChI=1S/C22H24O/c1-3-21(23)16-14-18(2)22(20-12-8-5-9-13-20)17-15-19-10-6-4-7-11-19/h4-13,15,17H,3,14,16H2,1-2H3/b17-15+,22-18+. The van der Waals surface area contributed by atoms with Crippen molar-refractivity contribution in [3.05, 3.63) is 83.4 Å². The predicted molar refractivity (Wildman–Crippen MR) is 99.0 cm³/mol. The van der Waals surface area contributed by atoms with E-state index in [1.807, 2.05) is 31.2 Å². The summed E-state index contributed by atoms with van der Waals surface area (Å²) < 4.78 is 0. The number of benzene rings is 2. The van der Waals surface area contributed by atoms with Crippen molar-refractivity contribution in [3.8, 4) is 0 Å². The maximum absolute atomic E-state index is 11.6. The zero-order valence-corrected chi connectivity index (χ0v) is 14.0. The summed E-state index contributed by atoms with van der Waals surface area (Å²) in [5.41, 5.74) is 4.84. The van der Waals surface area contributed by atoms with Crippen molar-refractivity contribution in [2.24, 2.45) is 0 Å². The van der Waals surface area contributed by atoms with Crippen LogP contribution in [0.4, 0.5) is 0 Å². The second kappa shape index (κ2) is 8.89. The summed E-state index contributed by atoms with van der Waals surface area (Å²) in [4.78, 5) is 11.6. The van der Waals surface area contributed by atoms with Gasteiger partial charge in [0.15, 0.2) is 0 Å². The third-order valence-electron chi connectivity index (χ3n) is 3.96. The van der Waals surface area contributed by atoms with Crippen LogP contribution < -0.4 is 0 Å². The SMILES string of the molecule is CCC(=O)CC/C(C)=C(\C=C\c1ccccc1)c1ccccc1. The van der Waals surface area contributed by atoms with Crippen molar-refractivity contribution in [2.45, 2.75) is 33.1 Å². The van der Waals surface area contributed by atoms with Gasteiger partial charge in [0.05, 0.1) is 0 Å². The summed E-state index contributed by atoms with van der Waals surface area (Å²) in [6.45, 7) is 4.05. The van der Waals surface area contributed by atoms with Gasteiger partial charge < -0.3 is 0 Å². The Kier molecular flexibility index (Phi) is 6.56. The fraction of sp³-hybridized carbons (Fsp3) is 0.227. The number of allylic oxidation sites excluding steroid dienone is 3. The van der Waals surface area contributed by atoms with Gasteiger partial charge in [-0.15, -0.1) is 0 Å². The monoisotopic (exact) mass is 304 g/mol. The van der Waals surface area contributed by atoms with Crippen LogP contribution in [-0.4, -0.2) is 5.78 Å². The third-order valence-corrected chi connectivity index (χ3v) is 3.96. The molecule has 0 bridgehead atoms.